The van der Waals surface area contributed by atoms with E-state index in [1.165, 1.54) is 0 Å². The molecule has 0 aliphatic rings. The van der Waals surface area contributed by atoms with E-state index in [1.54, 1.807) is 0 Å². The summed E-state index contributed by atoms with van der Waals surface area (Å²) in [6.07, 6.45) is 0. The second kappa shape index (κ2) is 7.39. The van der Waals surface area contributed by atoms with Crippen LogP contribution in [0.15, 0.2) is 24.3 Å². The van der Waals surface area contributed by atoms with E-state index in [2.05, 4.69) is 5.32 Å². The molecule has 1 atom stereocenters. The van der Waals surface area contributed by atoms with E-state index in [0.29, 0.717) is 6.54 Å². The van der Waals surface area contributed by atoms with Crippen molar-refractivity contribution in [2.24, 2.45) is 0 Å². The van der Waals surface area contributed by atoms with Crippen LogP contribution in [0.3, 0.4) is 0 Å². The van der Waals surface area contributed by atoms with Crippen molar-refractivity contribution in [1.29, 1.82) is 0 Å². The molecular weight excluding hydrogens is 248 g/mol. The molecule has 100 valence electrons. The van der Waals surface area contributed by atoms with Gasteiger partial charge in [0, 0.05) is 24.7 Å². The van der Waals surface area contributed by atoms with Crippen molar-refractivity contribution in [1.82, 2.24) is 10.2 Å². The van der Waals surface area contributed by atoms with Gasteiger partial charge in [-0.2, -0.15) is 0 Å². The monoisotopic (exact) mass is 268 g/mol. The van der Waals surface area contributed by atoms with Crippen LogP contribution in [0.2, 0.25) is 5.02 Å². The van der Waals surface area contributed by atoms with Crippen LogP contribution >= 0.6 is 11.6 Å². The minimum atomic E-state index is -0.166. The number of rotatable bonds is 6. The number of amides is 1. The average molecular weight is 269 g/mol. The van der Waals surface area contributed by atoms with Crippen molar-refractivity contribution < 1.29 is 4.79 Å². The fraction of sp³-hybridized carbons (Fsp3) is 0.500. The third-order valence-electron chi connectivity index (χ3n) is 2.97. The summed E-state index contributed by atoms with van der Waals surface area (Å²) in [6, 6.07) is 7.47. The van der Waals surface area contributed by atoms with Gasteiger partial charge in [0.2, 0.25) is 5.91 Å². The Morgan fingerprint density at radius 3 is 2.33 bits per heavy atom. The van der Waals surface area contributed by atoms with Gasteiger partial charge in [0.25, 0.3) is 0 Å². The SMILES string of the molecule is CCN(CC)C(=O)C(C)NCc1ccc(Cl)cc1. The molecule has 0 spiro atoms. The lowest BCUT2D eigenvalue weighted by atomic mass is 10.2. The molecule has 0 fully saturated rings. The molecule has 1 aromatic carbocycles. The van der Waals surface area contributed by atoms with Crippen LogP contribution in [0.5, 0.6) is 0 Å². The van der Waals surface area contributed by atoms with Crippen molar-refractivity contribution in [3.8, 4) is 0 Å². The van der Waals surface area contributed by atoms with Gasteiger partial charge in [0.1, 0.15) is 0 Å². The lowest BCUT2D eigenvalue weighted by molar-refractivity contribution is -0.132. The highest BCUT2D eigenvalue weighted by Gasteiger charge is 2.17. The Balaban J connectivity index is 2.47. The molecule has 1 amide bonds. The second-order valence-corrected chi connectivity index (χ2v) is 4.68. The van der Waals surface area contributed by atoms with Crippen molar-refractivity contribution in [2.45, 2.75) is 33.4 Å². The fourth-order valence-electron chi connectivity index (χ4n) is 1.77. The summed E-state index contributed by atoms with van der Waals surface area (Å²) in [5, 5.41) is 3.96. The third-order valence-corrected chi connectivity index (χ3v) is 3.22. The maximum atomic E-state index is 12.0. The van der Waals surface area contributed by atoms with Gasteiger partial charge in [-0.1, -0.05) is 23.7 Å². The van der Waals surface area contributed by atoms with Gasteiger partial charge in [-0.05, 0) is 38.5 Å². The number of halogens is 1. The van der Waals surface area contributed by atoms with Gasteiger partial charge in [0.15, 0.2) is 0 Å². The standard InChI is InChI=1S/C14H21ClN2O/c1-4-17(5-2)14(18)11(3)16-10-12-6-8-13(15)9-7-12/h6-9,11,16H,4-5,10H2,1-3H3. The molecule has 0 aliphatic carbocycles. The summed E-state index contributed by atoms with van der Waals surface area (Å²) in [5.41, 5.74) is 1.12. The summed E-state index contributed by atoms with van der Waals surface area (Å²) in [6.45, 7) is 8.06. The molecule has 18 heavy (non-hydrogen) atoms. The van der Waals surface area contributed by atoms with Gasteiger partial charge in [-0.15, -0.1) is 0 Å². The molecular formula is C14H21ClN2O. The zero-order valence-corrected chi connectivity index (χ0v) is 12.0. The Hall–Kier alpha value is -1.06. The van der Waals surface area contributed by atoms with Crippen LogP contribution < -0.4 is 5.32 Å². The Labute approximate surface area is 114 Å². The van der Waals surface area contributed by atoms with E-state index >= 15 is 0 Å². The first kappa shape index (κ1) is 15.0. The van der Waals surface area contributed by atoms with E-state index in [1.807, 2.05) is 49.9 Å². The van der Waals surface area contributed by atoms with Gasteiger partial charge < -0.3 is 10.2 Å². The third kappa shape index (κ3) is 4.31. The Morgan fingerprint density at radius 1 is 1.28 bits per heavy atom. The molecule has 1 rings (SSSR count). The minimum absolute atomic E-state index is 0.147. The van der Waals surface area contributed by atoms with E-state index < -0.39 is 0 Å². The molecule has 0 radical (unpaired) electrons. The first-order valence-corrected chi connectivity index (χ1v) is 6.72. The van der Waals surface area contributed by atoms with Crippen LogP contribution in [-0.2, 0) is 11.3 Å². The molecule has 0 aliphatic heterocycles. The second-order valence-electron chi connectivity index (χ2n) is 4.24. The van der Waals surface area contributed by atoms with Gasteiger partial charge in [0.05, 0.1) is 6.04 Å². The van der Waals surface area contributed by atoms with Crippen LogP contribution in [0, 0.1) is 0 Å². The minimum Gasteiger partial charge on any atom is -0.342 e. The first-order valence-electron chi connectivity index (χ1n) is 6.35. The van der Waals surface area contributed by atoms with Crippen LogP contribution in [0.4, 0.5) is 0 Å². The summed E-state index contributed by atoms with van der Waals surface area (Å²) in [4.78, 5) is 13.9. The normalized spacial score (nSPS) is 12.2. The van der Waals surface area contributed by atoms with Crippen molar-refractivity contribution >= 4 is 17.5 Å². The number of carbonyl (C=O) groups excluding carboxylic acids is 1. The van der Waals surface area contributed by atoms with E-state index in [-0.39, 0.29) is 11.9 Å². The van der Waals surface area contributed by atoms with Gasteiger partial charge >= 0.3 is 0 Å². The summed E-state index contributed by atoms with van der Waals surface area (Å²) in [5.74, 6) is 0.147. The van der Waals surface area contributed by atoms with E-state index in [9.17, 15) is 4.79 Å². The number of nitrogens with zero attached hydrogens (tertiary/aromatic N) is 1. The molecule has 0 bridgehead atoms. The number of carbonyl (C=O) groups is 1. The van der Waals surface area contributed by atoms with Crippen LogP contribution in [0.1, 0.15) is 26.3 Å². The lowest BCUT2D eigenvalue weighted by Crippen LogP contribution is -2.44. The summed E-state index contributed by atoms with van der Waals surface area (Å²) in [7, 11) is 0. The Bertz CT molecular complexity index is 374. The summed E-state index contributed by atoms with van der Waals surface area (Å²) >= 11 is 5.82. The molecule has 4 heteroatoms. The smallest absolute Gasteiger partial charge is 0.239 e. The Kier molecular flexibility index (Phi) is 6.16. The molecule has 3 nitrogen and oxygen atoms in total. The van der Waals surface area contributed by atoms with E-state index in [4.69, 9.17) is 11.6 Å². The molecule has 1 aromatic rings. The largest absolute Gasteiger partial charge is 0.342 e. The molecule has 0 aromatic heterocycles. The molecule has 1 N–H and O–H groups in total. The highest BCUT2D eigenvalue weighted by molar-refractivity contribution is 6.30. The highest BCUT2D eigenvalue weighted by atomic mass is 35.5. The zero-order valence-electron chi connectivity index (χ0n) is 11.2. The highest BCUT2D eigenvalue weighted by Crippen LogP contribution is 2.09. The molecule has 0 saturated carbocycles. The number of benzene rings is 1. The molecule has 1 unspecified atom stereocenters. The maximum absolute atomic E-state index is 12.0. The number of hydrogen-bond donors (Lipinski definition) is 1. The van der Waals surface area contributed by atoms with Crippen molar-refractivity contribution in [3.05, 3.63) is 34.9 Å². The Morgan fingerprint density at radius 2 is 1.83 bits per heavy atom. The molecule has 0 heterocycles. The predicted molar refractivity (Wildman–Crippen MR) is 75.7 cm³/mol. The fourth-order valence-corrected chi connectivity index (χ4v) is 1.90. The lowest BCUT2D eigenvalue weighted by Gasteiger charge is -2.23. The van der Waals surface area contributed by atoms with Crippen LogP contribution in [0.25, 0.3) is 0 Å². The van der Waals surface area contributed by atoms with E-state index in [0.717, 1.165) is 23.7 Å². The quantitative estimate of drug-likeness (QED) is 0.860. The summed E-state index contributed by atoms with van der Waals surface area (Å²) < 4.78 is 0. The predicted octanol–water partition coefficient (Wildman–Crippen LogP) is 2.69. The number of likely N-dealkylation sites (N-methyl/N-ethyl adjacent to an activating group) is 1. The first-order chi connectivity index (χ1) is 8.58. The van der Waals surface area contributed by atoms with Gasteiger partial charge in [-0.3, -0.25) is 4.79 Å². The van der Waals surface area contributed by atoms with Crippen LogP contribution in [-0.4, -0.2) is 29.9 Å². The van der Waals surface area contributed by atoms with Crippen molar-refractivity contribution in [3.63, 3.8) is 0 Å². The zero-order chi connectivity index (χ0) is 13.5. The van der Waals surface area contributed by atoms with Crippen molar-refractivity contribution in [2.75, 3.05) is 13.1 Å². The maximum Gasteiger partial charge on any atom is 0.239 e. The number of hydrogen-bond acceptors (Lipinski definition) is 2. The number of nitrogens with one attached hydrogen (secondary N) is 1. The average Bonchev–Trinajstić information content (AvgIpc) is 2.39. The van der Waals surface area contributed by atoms with Gasteiger partial charge in [-0.25, -0.2) is 0 Å². The molecule has 0 saturated heterocycles. The topological polar surface area (TPSA) is 32.3 Å².